The summed E-state index contributed by atoms with van der Waals surface area (Å²) in [5, 5.41) is 10.1. The molecule has 4 nitrogen and oxygen atoms in total. The number of thiazole rings is 1. The number of hydrogen-bond acceptors (Lipinski definition) is 5. The van der Waals surface area contributed by atoms with E-state index in [9.17, 15) is 5.11 Å². The van der Waals surface area contributed by atoms with Crippen molar-refractivity contribution in [1.29, 1.82) is 0 Å². The molecule has 0 atom stereocenters. The predicted molar refractivity (Wildman–Crippen MR) is 80.5 cm³/mol. The Kier molecular flexibility index (Phi) is 4.98. The average molecular weight is 293 g/mol. The van der Waals surface area contributed by atoms with Gasteiger partial charge in [0, 0.05) is 5.56 Å². The Balaban J connectivity index is 2.38. The lowest BCUT2D eigenvalue weighted by Gasteiger charge is -2.11. The summed E-state index contributed by atoms with van der Waals surface area (Å²) in [7, 11) is 0. The zero-order valence-electron chi connectivity index (χ0n) is 12.0. The van der Waals surface area contributed by atoms with Crippen molar-refractivity contribution >= 4 is 11.3 Å². The second kappa shape index (κ2) is 6.72. The molecule has 0 aliphatic carbocycles. The topological polar surface area (TPSA) is 51.6 Å². The quantitative estimate of drug-likeness (QED) is 0.886. The van der Waals surface area contributed by atoms with Gasteiger partial charge in [-0.25, -0.2) is 4.98 Å². The third-order valence-corrected chi connectivity index (χ3v) is 4.02. The van der Waals surface area contributed by atoms with Gasteiger partial charge in [0.05, 0.1) is 30.4 Å². The first kappa shape index (κ1) is 14.8. The van der Waals surface area contributed by atoms with Crippen LogP contribution in [0.5, 0.6) is 11.5 Å². The van der Waals surface area contributed by atoms with Crippen molar-refractivity contribution in [1.82, 2.24) is 4.98 Å². The Morgan fingerprint density at radius 1 is 1.15 bits per heavy atom. The second-order valence-corrected chi connectivity index (χ2v) is 5.30. The molecule has 1 heterocycles. The van der Waals surface area contributed by atoms with Gasteiger partial charge in [-0.05, 0) is 39.0 Å². The molecule has 0 radical (unpaired) electrons. The lowest BCUT2D eigenvalue weighted by molar-refractivity contribution is 0.284. The number of aliphatic hydroxyl groups excluding tert-OH is 1. The minimum atomic E-state index is 0.0266. The number of benzene rings is 1. The molecular formula is C15H19NO3S. The van der Waals surface area contributed by atoms with Crippen LogP contribution < -0.4 is 9.47 Å². The van der Waals surface area contributed by atoms with Crippen LogP contribution in [0.1, 0.15) is 24.4 Å². The summed E-state index contributed by atoms with van der Waals surface area (Å²) in [6.45, 7) is 7.01. The van der Waals surface area contributed by atoms with Crippen molar-refractivity contribution in [2.24, 2.45) is 0 Å². The molecule has 0 aliphatic rings. The van der Waals surface area contributed by atoms with Crippen LogP contribution in [0, 0.1) is 6.92 Å². The molecule has 2 aromatic rings. The molecule has 0 saturated carbocycles. The number of nitrogens with zero attached hydrogens (tertiary/aromatic N) is 1. The predicted octanol–water partition coefficient (Wildman–Crippen LogP) is 3.41. The first-order valence-electron chi connectivity index (χ1n) is 6.66. The van der Waals surface area contributed by atoms with Crippen LogP contribution in [0.4, 0.5) is 0 Å². The van der Waals surface area contributed by atoms with Gasteiger partial charge >= 0.3 is 0 Å². The fourth-order valence-electron chi connectivity index (χ4n) is 1.88. The van der Waals surface area contributed by atoms with Gasteiger partial charge in [-0.3, -0.25) is 0 Å². The Labute approximate surface area is 123 Å². The molecule has 0 aliphatic heterocycles. The van der Waals surface area contributed by atoms with E-state index in [1.807, 2.05) is 39.0 Å². The molecule has 5 heteroatoms. The Morgan fingerprint density at radius 2 is 1.85 bits per heavy atom. The number of ether oxygens (including phenoxy) is 2. The van der Waals surface area contributed by atoms with Gasteiger partial charge in [0.2, 0.25) is 0 Å². The number of aryl methyl sites for hydroxylation is 1. The molecule has 2 rings (SSSR count). The first-order chi connectivity index (χ1) is 9.69. The third-order valence-electron chi connectivity index (χ3n) is 2.83. The van der Waals surface area contributed by atoms with Crippen molar-refractivity contribution < 1.29 is 14.6 Å². The Hall–Kier alpha value is -1.59. The fourth-order valence-corrected chi connectivity index (χ4v) is 2.80. The highest BCUT2D eigenvalue weighted by molar-refractivity contribution is 7.15. The van der Waals surface area contributed by atoms with Crippen molar-refractivity contribution in [2.75, 3.05) is 13.2 Å². The van der Waals surface area contributed by atoms with E-state index in [-0.39, 0.29) is 6.61 Å². The zero-order chi connectivity index (χ0) is 14.5. The van der Waals surface area contributed by atoms with Crippen LogP contribution in [0.2, 0.25) is 0 Å². The van der Waals surface area contributed by atoms with Gasteiger partial charge in [0.1, 0.15) is 5.01 Å². The van der Waals surface area contributed by atoms with Crippen LogP contribution in [0.25, 0.3) is 10.6 Å². The number of rotatable bonds is 6. The molecule has 0 amide bonds. The van der Waals surface area contributed by atoms with Gasteiger partial charge in [0.15, 0.2) is 11.5 Å². The molecule has 0 saturated heterocycles. The van der Waals surface area contributed by atoms with E-state index in [2.05, 4.69) is 4.98 Å². The van der Waals surface area contributed by atoms with Gasteiger partial charge in [0.25, 0.3) is 0 Å². The highest BCUT2D eigenvalue weighted by Gasteiger charge is 2.12. The fraction of sp³-hybridized carbons (Fsp3) is 0.400. The maximum atomic E-state index is 9.26. The highest BCUT2D eigenvalue weighted by Crippen LogP contribution is 2.35. The highest BCUT2D eigenvalue weighted by atomic mass is 32.1. The maximum absolute atomic E-state index is 9.26. The molecule has 1 N–H and O–H groups in total. The normalized spacial score (nSPS) is 10.6. The van der Waals surface area contributed by atoms with Gasteiger partial charge in [-0.1, -0.05) is 0 Å². The van der Waals surface area contributed by atoms with E-state index in [0.717, 1.165) is 32.6 Å². The van der Waals surface area contributed by atoms with E-state index in [4.69, 9.17) is 9.47 Å². The molecule has 20 heavy (non-hydrogen) atoms. The van der Waals surface area contributed by atoms with E-state index in [0.29, 0.717) is 13.2 Å². The number of aliphatic hydroxyl groups is 1. The smallest absolute Gasteiger partial charge is 0.161 e. The molecule has 0 unspecified atom stereocenters. The van der Waals surface area contributed by atoms with Gasteiger partial charge in [-0.15, -0.1) is 11.3 Å². The third kappa shape index (κ3) is 3.11. The van der Waals surface area contributed by atoms with E-state index >= 15 is 0 Å². The average Bonchev–Trinajstić information content (AvgIpc) is 2.82. The Morgan fingerprint density at radius 3 is 2.45 bits per heavy atom. The number of hydrogen-bond donors (Lipinski definition) is 1. The summed E-state index contributed by atoms with van der Waals surface area (Å²) in [5.74, 6) is 1.47. The van der Waals surface area contributed by atoms with Crippen LogP contribution in [0.15, 0.2) is 18.2 Å². The second-order valence-electron chi connectivity index (χ2n) is 4.21. The van der Waals surface area contributed by atoms with Crippen molar-refractivity contribution in [3.8, 4) is 22.1 Å². The van der Waals surface area contributed by atoms with Crippen LogP contribution in [-0.2, 0) is 6.61 Å². The van der Waals surface area contributed by atoms with Crippen molar-refractivity contribution in [2.45, 2.75) is 27.4 Å². The zero-order valence-corrected chi connectivity index (χ0v) is 12.8. The first-order valence-corrected chi connectivity index (χ1v) is 7.48. The molecule has 1 aromatic heterocycles. The summed E-state index contributed by atoms with van der Waals surface area (Å²) >= 11 is 1.50. The van der Waals surface area contributed by atoms with Gasteiger partial charge < -0.3 is 14.6 Å². The standard InChI is InChI=1S/C15H19NO3S/c1-4-18-12-7-6-11(8-13(12)19-5-2)15-16-10(3)14(9-17)20-15/h6-8,17H,4-5,9H2,1-3H3. The molecule has 0 fully saturated rings. The monoisotopic (exact) mass is 293 g/mol. The largest absolute Gasteiger partial charge is 0.490 e. The molecule has 1 aromatic carbocycles. The summed E-state index contributed by atoms with van der Waals surface area (Å²) in [6, 6.07) is 5.81. The van der Waals surface area contributed by atoms with E-state index in [1.165, 1.54) is 11.3 Å². The summed E-state index contributed by atoms with van der Waals surface area (Å²) < 4.78 is 11.2. The SMILES string of the molecule is CCOc1ccc(-c2nc(C)c(CO)s2)cc1OCC. The van der Waals surface area contributed by atoms with E-state index < -0.39 is 0 Å². The molecule has 108 valence electrons. The molecule has 0 spiro atoms. The van der Waals surface area contributed by atoms with Crippen LogP contribution in [0.3, 0.4) is 0 Å². The van der Waals surface area contributed by atoms with Crippen molar-refractivity contribution in [3.63, 3.8) is 0 Å². The minimum Gasteiger partial charge on any atom is -0.490 e. The maximum Gasteiger partial charge on any atom is 0.161 e. The summed E-state index contributed by atoms with van der Waals surface area (Å²) in [4.78, 5) is 5.39. The lowest BCUT2D eigenvalue weighted by Crippen LogP contribution is -1.98. The van der Waals surface area contributed by atoms with E-state index in [1.54, 1.807) is 0 Å². The molecule has 0 bridgehead atoms. The summed E-state index contributed by atoms with van der Waals surface area (Å²) in [5.41, 5.74) is 1.85. The summed E-state index contributed by atoms with van der Waals surface area (Å²) in [6.07, 6.45) is 0. The Bertz CT molecular complexity index is 580. The lowest BCUT2D eigenvalue weighted by atomic mass is 10.2. The minimum absolute atomic E-state index is 0.0266. The van der Waals surface area contributed by atoms with Gasteiger partial charge in [-0.2, -0.15) is 0 Å². The molecular weight excluding hydrogens is 274 g/mol. The number of aromatic nitrogens is 1. The van der Waals surface area contributed by atoms with Crippen LogP contribution >= 0.6 is 11.3 Å². The van der Waals surface area contributed by atoms with Crippen LogP contribution in [-0.4, -0.2) is 23.3 Å². The van der Waals surface area contributed by atoms with Crippen molar-refractivity contribution in [3.05, 3.63) is 28.8 Å².